The summed E-state index contributed by atoms with van der Waals surface area (Å²) < 4.78 is 3.76. The SMILES string of the molecule is Nc1ncccc1NCc1cnns1. The fraction of sp³-hybridized carbons (Fsp3) is 0.125. The van der Waals surface area contributed by atoms with E-state index in [9.17, 15) is 0 Å². The van der Waals surface area contributed by atoms with Gasteiger partial charge in [0.25, 0.3) is 0 Å². The Labute approximate surface area is 85.2 Å². The zero-order valence-electron chi connectivity index (χ0n) is 7.34. The molecule has 0 aliphatic carbocycles. The third-order valence-electron chi connectivity index (χ3n) is 1.70. The van der Waals surface area contributed by atoms with Gasteiger partial charge in [0.15, 0.2) is 0 Å². The first kappa shape index (κ1) is 8.89. The number of nitrogen functional groups attached to an aromatic ring is 1. The summed E-state index contributed by atoms with van der Waals surface area (Å²) in [5, 5.41) is 6.90. The number of anilines is 2. The summed E-state index contributed by atoms with van der Waals surface area (Å²) in [5.41, 5.74) is 6.49. The first-order valence-electron chi connectivity index (χ1n) is 4.07. The average molecular weight is 207 g/mol. The van der Waals surface area contributed by atoms with E-state index in [1.807, 2.05) is 12.1 Å². The van der Waals surface area contributed by atoms with Gasteiger partial charge in [0.1, 0.15) is 5.82 Å². The Morgan fingerprint density at radius 1 is 1.50 bits per heavy atom. The lowest BCUT2D eigenvalue weighted by Crippen LogP contribution is -2.02. The fourth-order valence-corrected chi connectivity index (χ4v) is 1.44. The Bertz CT molecular complexity index is 400. The van der Waals surface area contributed by atoms with Crippen LogP contribution >= 0.6 is 11.5 Å². The van der Waals surface area contributed by atoms with Crippen molar-refractivity contribution in [3.05, 3.63) is 29.4 Å². The van der Waals surface area contributed by atoms with E-state index >= 15 is 0 Å². The van der Waals surface area contributed by atoms with Crippen LogP contribution in [0.2, 0.25) is 0 Å². The molecule has 0 aromatic carbocycles. The van der Waals surface area contributed by atoms with Crippen molar-refractivity contribution in [3.8, 4) is 0 Å². The van der Waals surface area contributed by atoms with E-state index in [0.29, 0.717) is 12.4 Å². The van der Waals surface area contributed by atoms with Crippen LogP contribution in [0.4, 0.5) is 11.5 Å². The molecule has 2 heterocycles. The lowest BCUT2D eigenvalue weighted by molar-refractivity contribution is 1.12. The van der Waals surface area contributed by atoms with Crippen LogP contribution in [0.1, 0.15) is 4.88 Å². The van der Waals surface area contributed by atoms with Crippen molar-refractivity contribution in [3.63, 3.8) is 0 Å². The number of hydrogen-bond acceptors (Lipinski definition) is 6. The van der Waals surface area contributed by atoms with Crippen LogP contribution in [0, 0.1) is 0 Å². The first-order chi connectivity index (χ1) is 6.86. The molecule has 0 bridgehead atoms. The van der Waals surface area contributed by atoms with Crippen molar-refractivity contribution >= 4 is 23.0 Å². The van der Waals surface area contributed by atoms with Gasteiger partial charge < -0.3 is 11.1 Å². The highest BCUT2D eigenvalue weighted by Gasteiger charge is 1.99. The van der Waals surface area contributed by atoms with Gasteiger partial charge >= 0.3 is 0 Å². The van der Waals surface area contributed by atoms with E-state index in [1.165, 1.54) is 11.5 Å². The molecule has 2 aromatic rings. The smallest absolute Gasteiger partial charge is 0.146 e. The summed E-state index contributed by atoms with van der Waals surface area (Å²) in [5.74, 6) is 0.505. The molecule has 3 N–H and O–H groups in total. The normalized spacial score (nSPS) is 10.0. The van der Waals surface area contributed by atoms with Gasteiger partial charge in [0.2, 0.25) is 0 Å². The molecule has 0 saturated heterocycles. The Morgan fingerprint density at radius 2 is 2.43 bits per heavy atom. The minimum Gasteiger partial charge on any atom is -0.382 e. The molecule has 0 unspecified atom stereocenters. The summed E-state index contributed by atoms with van der Waals surface area (Å²) in [6.45, 7) is 0.674. The maximum absolute atomic E-state index is 5.66. The number of nitrogens with zero attached hydrogens (tertiary/aromatic N) is 3. The minimum atomic E-state index is 0.505. The van der Waals surface area contributed by atoms with Crippen molar-refractivity contribution in [1.29, 1.82) is 0 Å². The zero-order valence-corrected chi connectivity index (χ0v) is 8.16. The summed E-state index contributed by atoms with van der Waals surface area (Å²) in [7, 11) is 0. The lowest BCUT2D eigenvalue weighted by atomic mass is 10.4. The van der Waals surface area contributed by atoms with Crippen LogP contribution in [0.5, 0.6) is 0 Å². The molecule has 0 aliphatic rings. The predicted octanol–water partition coefficient (Wildman–Crippen LogP) is 1.13. The second kappa shape index (κ2) is 4.01. The molecule has 5 nitrogen and oxygen atoms in total. The van der Waals surface area contributed by atoms with Gasteiger partial charge in [-0.05, 0) is 23.7 Å². The Morgan fingerprint density at radius 3 is 3.14 bits per heavy atom. The zero-order chi connectivity index (χ0) is 9.80. The third-order valence-corrected chi connectivity index (χ3v) is 2.36. The summed E-state index contributed by atoms with van der Waals surface area (Å²) >= 11 is 1.36. The molecule has 72 valence electrons. The van der Waals surface area contributed by atoms with Gasteiger partial charge in [-0.25, -0.2) is 4.98 Å². The number of aromatic nitrogens is 3. The van der Waals surface area contributed by atoms with E-state index in [-0.39, 0.29) is 0 Å². The third kappa shape index (κ3) is 1.97. The quantitative estimate of drug-likeness (QED) is 0.788. The number of nitrogens with one attached hydrogen (secondary N) is 1. The highest BCUT2D eigenvalue weighted by Crippen LogP contribution is 2.15. The van der Waals surface area contributed by atoms with E-state index in [2.05, 4.69) is 19.9 Å². The number of rotatable bonds is 3. The van der Waals surface area contributed by atoms with Crippen LogP contribution < -0.4 is 11.1 Å². The van der Waals surface area contributed by atoms with Crippen LogP contribution in [0.25, 0.3) is 0 Å². The molecular weight excluding hydrogens is 198 g/mol. The Hall–Kier alpha value is -1.69. The molecule has 0 radical (unpaired) electrons. The highest BCUT2D eigenvalue weighted by molar-refractivity contribution is 7.05. The van der Waals surface area contributed by atoms with Crippen LogP contribution in [0.3, 0.4) is 0 Å². The largest absolute Gasteiger partial charge is 0.382 e. The predicted molar refractivity (Wildman–Crippen MR) is 55.9 cm³/mol. The lowest BCUT2D eigenvalue weighted by Gasteiger charge is -2.05. The van der Waals surface area contributed by atoms with E-state index < -0.39 is 0 Å². The molecule has 0 aliphatic heterocycles. The molecule has 14 heavy (non-hydrogen) atoms. The standard InChI is InChI=1S/C8H9N5S/c9-8-7(2-1-3-10-8)11-4-6-5-12-13-14-6/h1-3,5,11H,4H2,(H2,9,10). The molecule has 0 fully saturated rings. The van der Waals surface area contributed by atoms with Gasteiger partial charge in [0.05, 0.1) is 23.3 Å². The molecule has 2 rings (SSSR count). The topological polar surface area (TPSA) is 76.7 Å². The molecule has 0 spiro atoms. The summed E-state index contributed by atoms with van der Waals surface area (Å²) in [4.78, 5) is 5.03. The van der Waals surface area contributed by atoms with Gasteiger partial charge in [-0.1, -0.05) is 4.49 Å². The number of nitrogens with two attached hydrogens (primary N) is 1. The van der Waals surface area contributed by atoms with Crippen molar-refractivity contribution in [2.24, 2.45) is 0 Å². The van der Waals surface area contributed by atoms with Crippen molar-refractivity contribution in [2.75, 3.05) is 11.1 Å². The maximum atomic E-state index is 5.66. The molecule has 0 amide bonds. The Balaban J connectivity index is 2.02. The van der Waals surface area contributed by atoms with Crippen molar-refractivity contribution in [1.82, 2.24) is 14.6 Å². The minimum absolute atomic E-state index is 0.505. The average Bonchev–Trinajstić information content (AvgIpc) is 2.69. The molecule has 2 aromatic heterocycles. The fourth-order valence-electron chi connectivity index (χ4n) is 1.01. The van der Waals surface area contributed by atoms with Crippen LogP contribution in [-0.2, 0) is 6.54 Å². The number of pyridine rings is 1. The molecule has 6 heteroatoms. The van der Waals surface area contributed by atoms with Crippen LogP contribution in [-0.4, -0.2) is 14.6 Å². The molecule has 0 atom stereocenters. The van der Waals surface area contributed by atoms with Gasteiger partial charge in [-0.2, -0.15) is 0 Å². The van der Waals surface area contributed by atoms with E-state index in [4.69, 9.17) is 5.73 Å². The van der Waals surface area contributed by atoms with E-state index in [1.54, 1.807) is 12.4 Å². The first-order valence-corrected chi connectivity index (χ1v) is 4.84. The number of hydrogen-bond donors (Lipinski definition) is 2. The van der Waals surface area contributed by atoms with E-state index in [0.717, 1.165) is 10.6 Å². The molecule has 0 saturated carbocycles. The second-order valence-electron chi connectivity index (χ2n) is 2.67. The van der Waals surface area contributed by atoms with Gasteiger partial charge in [0, 0.05) is 6.20 Å². The second-order valence-corrected chi connectivity index (χ2v) is 3.54. The molecular formula is C8H9N5S. The van der Waals surface area contributed by atoms with Crippen molar-refractivity contribution < 1.29 is 0 Å². The maximum Gasteiger partial charge on any atom is 0.146 e. The summed E-state index contributed by atoms with van der Waals surface area (Å²) in [6, 6.07) is 3.72. The highest BCUT2D eigenvalue weighted by atomic mass is 32.1. The monoisotopic (exact) mass is 207 g/mol. The van der Waals surface area contributed by atoms with Crippen LogP contribution in [0.15, 0.2) is 24.5 Å². The van der Waals surface area contributed by atoms with Crippen molar-refractivity contribution in [2.45, 2.75) is 6.54 Å². The van der Waals surface area contributed by atoms with Gasteiger partial charge in [-0.15, -0.1) is 5.10 Å². The Kier molecular flexibility index (Phi) is 2.55. The van der Waals surface area contributed by atoms with Gasteiger partial charge in [-0.3, -0.25) is 0 Å². The summed E-state index contributed by atoms with van der Waals surface area (Å²) in [6.07, 6.45) is 3.39.